The van der Waals surface area contributed by atoms with Crippen molar-refractivity contribution in [3.63, 3.8) is 0 Å². The maximum Gasteiger partial charge on any atom is 0.243 e. The molecule has 0 aromatic heterocycles. The average molecular weight is 447 g/mol. The summed E-state index contributed by atoms with van der Waals surface area (Å²) >= 11 is 5.88. The largest absolute Gasteiger partial charge is 0.314 e. The van der Waals surface area contributed by atoms with Gasteiger partial charge in [0.05, 0.1) is 11.4 Å². The van der Waals surface area contributed by atoms with Gasteiger partial charge < -0.3 is 4.90 Å². The van der Waals surface area contributed by atoms with E-state index in [-0.39, 0.29) is 18.0 Å². The van der Waals surface area contributed by atoms with Crippen molar-refractivity contribution in [2.24, 2.45) is 0 Å². The summed E-state index contributed by atoms with van der Waals surface area (Å²) in [5.74, 6) is -0.870. The van der Waals surface area contributed by atoms with Gasteiger partial charge in [-0.05, 0) is 54.1 Å². The van der Waals surface area contributed by atoms with Crippen LogP contribution < -0.4 is 4.90 Å². The lowest BCUT2D eigenvalue weighted by Gasteiger charge is -2.25. The Balaban J connectivity index is 1.89. The number of halogens is 2. The maximum absolute atomic E-state index is 13.2. The molecule has 0 saturated heterocycles. The van der Waals surface area contributed by atoms with E-state index in [0.717, 1.165) is 9.87 Å². The van der Waals surface area contributed by atoms with Crippen LogP contribution in [-0.4, -0.2) is 32.2 Å². The molecule has 3 aromatic carbocycles. The number of benzene rings is 3. The molecule has 8 heteroatoms. The van der Waals surface area contributed by atoms with Gasteiger partial charge in [-0.2, -0.15) is 4.31 Å². The van der Waals surface area contributed by atoms with Crippen LogP contribution >= 0.6 is 11.6 Å². The van der Waals surface area contributed by atoms with Crippen LogP contribution in [-0.2, 0) is 21.4 Å². The van der Waals surface area contributed by atoms with Crippen molar-refractivity contribution in [1.82, 2.24) is 4.31 Å². The fourth-order valence-corrected chi connectivity index (χ4v) is 4.34. The molecule has 0 aliphatic heterocycles. The molecule has 3 rings (SSSR count). The fraction of sp³-hybridized carbons (Fsp3) is 0.136. The average Bonchev–Trinajstić information content (AvgIpc) is 2.74. The zero-order chi connectivity index (χ0) is 21.7. The molecule has 3 aromatic rings. The first kappa shape index (κ1) is 22.0. The minimum Gasteiger partial charge on any atom is -0.314 e. The van der Waals surface area contributed by atoms with Crippen LogP contribution in [0.2, 0.25) is 5.02 Å². The Hall–Kier alpha value is -2.74. The highest BCUT2D eigenvalue weighted by Crippen LogP contribution is 2.21. The highest BCUT2D eigenvalue weighted by atomic mass is 35.5. The number of likely N-dealkylation sites (N-methyl/N-ethyl adjacent to an activating group) is 1. The molecule has 0 spiro atoms. The molecule has 0 aliphatic carbocycles. The van der Waals surface area contributed by atoms with Crippen molar-refractivity contribution in [3.05, 3.63) is 95.3 Å². The van der Waals surface area contributed by atoms with E-state index in [1.165, 1.54) is 60.5 Å². The van der Waals surface area contributed by atoms with E-state index >= 15 is 0 Å². The number of sulfonamides is 1. The van der Waals surface area contributed by atoms with Crippen LogP contribution in [0.3, 0.4) is 0 Å². The van der Waals surface area contributed by atoms with Gasteiger partial charge in [-0.1, -0.05) is 41.9 Å². The fourth-order valence-electron chi connectivity index (χ4n) is 2.83. The second kappa shape index (κ2) is 9.38. The van der Waals surface area contributed by atoms with Gasteiger partial charge in [0.2, 0.25) is 15.9 Å². The van der Waals surface area contributed by atoms with Gasteiger partial charge in [-0.25, -0.2) is 12.8 Å². The molecule has 5 nitrogen and oxygen atoms in total. The third-order valence-electron chi connectivity index (χ3n) is 4.55. The molecule has 0 N–H and O–H groups in total. The molecule has 1 amide bonds. The van der Waals surface area contributed by atoms with Crippen molar-refractivity contribution < 1.29 is 17.6 Å². The molecule has 0 radical (unpaired) electrons. The minimum atomic E-state index is -3.97. The van der Waals surface area contributed by atoms with Crippen LogP contribution in [0, 0.1) is 5.82 Å². The predicted molar refractivity (Wildman–Crippen MR) is 115 cm³/mol. The first-order chi connectivity index (χ1) is 14.3. The van der Waals surface area contributed by atoms with Crippen molar-refractivity contribution in [2.75, 3.05) is 18.5 Å². The van der Waals surface area contributed by atoms with Gasteiger partial charge in [0.15, 0.2) is 0 Å². The second-order valence-corrected chi connectivity index (χ2v) is 9.02. The van der Waals surface area contributed by atoms with Crippen LogP contribution in [0.15, 0.2) is 83.8 Å². The molecular formula is C22H20ClFN2O3S. The quantitative estimate of drug-likeness (QED) is 0.542. The van der Waals surface area contributed by atoms with Gasteiger partial charge in [0.1, 0.15) is 5.82 Å². The highest BCUT2D eigenvalue weighted by molar-refractivity contribution is 7.89. The van der Waals surface area contributed by atoms with E-state index in [1.54, 1.807) is 24.3 Å². The Labute approximate surface area is 180 Å². The van der Waals surface area contributed by atoms with Gasteiger partial charge in [0, 0.05) is 24.3 Å². The number of anilines is 1. The van der Waals surface area contributed by atoms with Crippen LogP contribution in [0.1, 0.15) is 5.56 Å². The monoisotopic (exact) mass is 446 g/mol. The van der Waals surface area contributed by atoms with E-state index in [9.17, 15) is 17.6 Å². The van der Waals surface area contributed by atoms with Crippen molar-refractivity contribution in [2.45, 2.75) is 11.4 Å². The van der Waals surface area contributed by atoms with E-state index < -0.39 is 21.7 Å². The molecule has 0 atom stereocenters. The van der Waals surface area contributed by atoms with Crippen molar-refractivity contribution in [3.8, 4) is 0 Å². The van der Waals surface area contributed by atoms with E-state index in [0.29, 0.717) is 10.7 Å². The standard InChI is InChI=1S/C22H20ClFN2O3S/c1-25(20-11-9-19(24)10-12-20)22(27)16-26(15-17-5-3-2-4-6-17)30(28,29)21-13-7-18(23)8-14-21/h2-14H,15-16H2,1H3. The van der Waals surface area contributed by atoms with E-state index in [4.69, 9.17) is 11.6 Å². The van der Waals surface area contributed by atoms with Crippen molar-refractivity contribution in [1.29, 1.82) is 0 Å². The Morgan fingerprint density at radius 3 is 2.13 bits per heavy atom. The van der Waals surface area contributed by atoms with E-state index in [2.05, 4.69) is 0 Å². The number of hydrogen-bond acceptors (Lipinski definition) is 3. The normalized spacial score (nSPS) is 11.5. The number of rotatable bonds is 7. The van der Waals surface area contributed by atoms with Crippen LogP contribution in [0.5, 0.6) is 0 Å². The summed E-state index contributed by atoms with van der Waals surface area (Å²) in [6.45, 7) is -0.359. The lowest BCUT2D eigenvalue weighted by Crippen LogP contribution is -2.41. The number of carbonyl (C=O) groups is 1. The summed E-state index contributed by atoms with van der Waals surface area (Å²) in [6.07, 6.45) is 0. The predicted octanol–water partition coefficient (Wildman–Crippen LogP) is 4.33. The summed E-state index contributed by atoms with van der Waals surface area (Å²) in [5.41, 5.74) is 1.21. The Kier molecular flexibility index (Phi) is 6.87. The SMILES string of the molecule is CN(C(=O)CN(Cc1ccccc1)S(=O)(=O)c1ccc(Cl)cc1)c1ccc(F)cc1. The molecule has 0 unspecified atom stereocenters. The van der Waals surface area contributed by atoms with E-state index in [1.807, 2.05) is 6.07 Å². The first-order valence-corrected chi connectivity index (χ1v) is 10.9. The maximum atomic E-state index is 13.2. The lowest BCUT2D eigenvalue weighted by atomic mass is 10.2. The summed E-state index contributed by atoms with van der Waals surface area (Å²) in [6, 6.07) is 20.2. The Bertz CT molecular complexity index is 1110. The highest BCUT2D eigenvalue weighted by Gasteiger charge is 2.28. The minimum absolute atomic E-state index is 0.0226. The molecule has 0 aliphatic rings. The topological polar surface area (TPSA) is 57.7 Å². The van der Waals surface area contributed by atoms with Gasteiger partial charge in [-0.15, -0.1) is 0 Å². The summed E-state index contributed by atoms with van der Waals surface area (Å²) in [7, 11) is -2.45. The van der Waals surface area contributed by atoms with Crippen LogP contribution in [0.4, 0.5) is 10.1 Å². The van der Waals surface area contributed by atoms with Crippen LogP contribution in [0.25, 0.3) is 0 Å². The summed E-state index contributed by atoms with van der Waals surface area (Å²) in [5, 5.41) is 0.413. The first-order valence-electron chi connectivity index (χ1n) is 9.09. The van der Waals surface area contributed by atoms with Crippen molar-refractivity contribution >= 4 is 33.2 Å². The summed E-state index contributed by atoms with van der Waals surface area (Å²) in [4.78, 5) is 14.2. The second-order valence-electron chi connectivity index (χ2n) is 6.64. The molecule has 0 fully saturated rings. The zero-order valence-electron chi connectivity index (χ0n) is 16.2. The number of amides is 1. The Morgan fingerprint density at radius 1 is 0.933 bits per heavy atom. The molecular weight excluding hydrogens is 427 g/mol. The Morgan fingerprint density at radius 2 is 1.53 bits per heavy atom. The third-order valence-corrected chi connectivity index (χ3v) is 6.61. The number of carbonyl (C=O) groups excluding carboxylic acids is 1. The van der Waals surface area contributed by atoms with Gasteiger partial charge >= 0.3 is 0 Å². The zero-order valence-corrected chi connectivity index (χ0v) is 17.8. The van der Waals surface area contributed by atoms with Gasteiger partial charge in [-0.3, -0.25) is 4.79 Å². The molecule has 30 heavy (non-hydrogen) atoms. The molecule has 0 heterocycles. The van der Waals surface area contributed by atoms with Gasteiger partial charge in [0.25, 0.3) is 0 Å². The smallest absolute Gasteiger partial charge is 0.243 e. The lowest BCUT2D eigenvalue weighted by molar-refractivity contribution is -0.118. The molecule has 0 saturated carbocycles. The molecule has 156 valence electrons. The summed E-state index contributed by atoms with van der Waals surface area (Å²) < 4.78 is 40.8. The molecule has 0 bridgehead atoms. The third kappa shape index (κ3) is 5.24. The number of hydrogen-bond donors (Lipinski definition) is 0. The number of nitrogens with zero attached hydrogens (tertiary/aromatic N) is 2.